The number of nitrogens with zero attached hydrogens (tertiary/aromatic N) is 2. The summed E-state index contributed by atoms with van der Waals surface area (Å²) in [7, 11) is 0. The minimum Gasteiger partial charge on any atom is -0.437 e. The summed E-state index contributed by atoms with van der Waals surface area (Å²) in [6.07, 6.45) is 3.93. The van der Waals surface area contributed by atoms with Gasteiger partial charge >= 0.3 is 0 Å². The predicted molar refractivity (Wildman–Crippen MR) is 68.3 cm³/mol. The molecule has 0 bridgehead atoms. The molecule has 0 aliphatic rings. The molecule has 2 aromatic rings. The van der Waals surface area contributed by atoms with Gasteiger partial charge in [0.25, 0.3) is 0 Å². The first kappa shape index (κ1) is 11.6. The van der Waals surface area contributed by atoms with E-state index in [9.17, 15) is 0 Å². The van der Waals surface area contributed by atoms with E-state index in [4.69, 9.17) is 16.3 Å². The van der Waals surface area contributed by atoms with E-state index in [0.29, 0.717) is 11.0 Å². The summed E-state index contributed by atoms with van der Waals surface area (Å²) in [5.74, 6) is 1.16. The molecule has 0 saturated carbocycles. The fraction of sp³-hybridized carbons (Fsp3) is 0.0769. The van der Waals surface area contributed by atoms with Crippen LogP contribution >= 0.6 is 11.6 Å². The maximum atomic E-state index is 5.66. The lowest BCUT2D eigenvalue weighted by atomic mass is 10.2. The summed E-state index contributed by atoms with van der Waals surface area (Å²) < 4.78 is 5.63. The summed E-state index contributed by atoms with van der Waals surface area (Å²) >= 11 is 5.66. The van der Waals surface area contributed by atoms with Crippen LogP contribution in [0.25, 0.3) is 6.08 Å². The van der Waals surface area contributed by atoms with Crippen molar-refractivity contribution in [3.8, 4) is 11.6 Å². The van der Waals surface area contributed by atoms with Gasteiger partial charge in [0.1, 0.15) is 5.75 Å². The van der Waals surface area contributed by atoms with E-state index in [1.165, 1.54) is 0 Å². The summed E-state index contributed by atoms with van der Waals surface area (Å²) in [5, 5.41) is 7.92. The van der Waals surface area contributed by atoms with Gasteiger partial charge in [-0.25, -0.2) is 0 Å². The van der Waals surface area contributed by atoms with Crippen molar-refractivity contribution >= 4 is 17.7 Å². The maximum Gasteiger partial charge on any atom is 0.238 e. The molecule has 4 heteroatoms. The number of ether oxygens (including phenoxy) is 1. The van der Waals surface area contributed by atoms with Crippen molar-refractivity contribution in [1.29, 1.82) is 0 Å². The SMILES string of the molecule is CC=Cc1ccccc1Oc1ccc(Cl)nn1. The molecule has 0 aliphatic heterocycles. The number of para-hydroxylation sites is 1. The number of rotatable bonds is 3. The quantitative estimate of drug-likeness (QED) is 0.822. The first-order valence-electron chi connectivity index (χ1n) is 5.18. The normalized spacial score (nSPS) is 10.7. The standard InChI is InChI=1S/C13H11ClN2O/c1-2-5-10-6-3-4-7-11(10)17-13-9-8-12(14)15-16-13/h2-9H,1H3. The fourth-order valence-corrected chi connectivity index (χ4v) is 1.46. The average Bonchev–Trinajstić information content (AvgIpc) is 2.35. The molecule has 0 N–H and O–H groups in total. The third kappa shape index (κ3) is 3.04. The zero-order chi connectivity index (χ0) is 12.1. The average molecular weight is 247 g/mol. The minimum atomic E-state index is 0.346. The molecule has 3 nitrogen and oxygen atoms in total. The van der Waals surface area contributed by atoms with Gasteiger partial charge in [-0.3, -0.25) is 0 Å². The van der Waals surface area contributed by atoms with Crippen molar-refractivity contribution in [1.82, 2.24) is 10.2 Å². The molecule has 1 heterocycles. The topological polar surface area (TPSA) is 35.0 Å². The van der Waals surface area contributed by atoms with Crippen LogP contribution in [-0.2, 0) is 0 Å². The van der Waals surface area contributed by atoms with Gasteiger partial charge in [-0.05, 0) is 19.1 Å². The Labute approximate surface area is 105 Å². The fourth-order valence-electron chi connectivity index (χ4n) is 1.36. The Balaban J connectivity index is 2.26. The number of halogens is 1. The van der Waals surface area contributed by atoms with Crippen LogP contribution in [-0.4, -0.2) is 10.2 Å². The van der Waals surface area contributed by atoms with Crippen molar-refractivity contribution < 1.29 is 4.74 Å². The van der Waals surface area contributed by atoms with Crippen molar-refractivity contribution in [3.63, 3.8) is 0 Å². The first-order chi connectivity index (χ1) is 8.29. The maximum absolute atomic E-state index is 5.66. The Morgan fingerprint density at radius 1 is 1.12 bits per heavy atom. The van der Waals surface area contributed by atoms with Gasteiger partial charge in [-0.2, -0.15) is 0 Å². The highest BCUT2D eigenvalue weighted by Gasteiger charge is 2.03. The van der Waals surface area contributed by atoms with Crippen LogP contribution in [0.5, 0.6) is 11.6 Å². The summed E-state index contributed by atoms with van der Waals surface area (Å²) in [4.78, 5) is 0. The van der Waals surface area contributed by atoms with E-state index in [0.717, 1.165) is 11.3 Å². The lowest BCUT2D eigenvalue weighted by Crippen LogP contribution is -1.91. The molecule has 0 atom stereocenters. The van der Waals surface area contributed by atoms with Crippen molar-refractivity contribution in [2.75, 3.05) is 0 Å². The summed E-state index contributed by atoms with van der Waals surface area (Å²) in [6.45, 7) is 1.96. The van der Waals surface area contributed by atoms with E-state index in [-0.39, 0.29) is 0 Å². The molecule has 0 unspecified atom stereocenters. The smallest absolute Gasteiger partial charge is 0.238 e. The second-order valence-corrected chi connectivity index (χ2v) is 3.72. The summed E-state index contributed by atoms with van der Waals surface area (Å²) in [6, 6.07) is 11.0. The van der Waals surface area contributed by atoms with Crippen LogP contribution in [0.4, 0.5) is 0 Å². The molecule has 0 aliphatic carbocycles. The predicted octanol–water partition coefficient (Wildman–Crippen LogP) is 3.96. The number of allylic oxidation sites excluding steroid dienone is 1. The number of benzene rings is 1. The van der Waals surface area contributed by atoms with Crippen molar-refractivity contribution in [2.24, 2.45) is 0 Å². The zero-order valence-corrected chi connectivity index (χ0v) is 10.1. The van der Waals surface area contributed by atoms with E-state index >= 15 is 0 Å². The Morgan fingerprint density at radius 3 is 2.65 bits per heavy atom. The van der Waals surface area contributed by atoms with Crippen LogP contribution in [0.3, 0.4) is 0 Å². The highest BCUT2D eigenvalue weighted by molar-refractivity contribution is 6.29. The largest absolute Gasteiger partial charge is 0.437 e. The van der Waals surface area contributed by atoms with Gasteiger partial charge in [-0.1, -0.05) is 42.0 Å². The molecule has 1 aromatic heterocycles. The van der Waals surface area contributed by atoms with Crippen LogP contribution in [0.15, 0.2) is 42.5 Å². The second-order valence-electron chi connectivity index (χ2n) is 3.33. The molecule has 0 saturated heterocycles. The van der Waals surface area contributed by atoms with Crippen molar-refractivity contribution in [3.05, 3.63) is 53.2 Å². The van der Waals surface area contributed by atoms with E-state index in [2.05, 4.69) is 10.2 Å². The number of aromatic nitrogens is 2. The molecule has 0 spiro atoms. The summed E-state index contributed by atoms with van der Waals surface area (Å²) in [5.41, 5.74) is 0.992. The Bertz CT molecular complexity index is 523. The minimum absolute atomic E-state index is 0.346. The lowest BCUT2D eigenvalue weighted by Gasteiger charge is -2.06. The Hall–Kier alpha value is -1.87. The number of hydrogen-bond donors (Lipinski definition) is 0. The lowest BCUT2D eigenvalue weighted by molar-refractivity contribution is 0.454. The molecule has 17 heavy (non-hydrogen) atoms. The third-order valence-corrected chi connectivity index (χ3v) is 2.29. The van der Waals surface area contributed by atoms with Crippen LogP contribution < -0.4 is 4.74 Å². The van der Waals surface area contributed by atoms with Crippen LogP contribution in [0, 0.1) is 0 Å². The van der Waals surface area contributed by atoms with Gasteiger partial charge < -0.3 is 4.74 Å². The van der Waals surface area contributed by atoms with E-state index in [1.54, 1.807) is 12.1 Å². The molecular weight excluding hydrogens is 236 g/mol. The Morgan fingerprint density at radius 2 is 1.94 bits per heavy atom. The molecule has 0 fully saturated rings. The molecule has 0 radical (unpaired) electrons. The number of hydrogen-bond acceptors (Lipinski definition) is 3. The van der Waals surface area contributed by atoms with Gasteiger partial charge in [0.2, 0.25) is 5.88 Å². The Kier molecular flexibility index (Phi) is 3.73. The zero-order valence-electron chi connectivity index (χ0n) is 9.30. The second kappa shape index (κ2) is 5.46. The van der Waals surface area contributed by atoms with Crippen molar-refractivity contribution in [2.45, 2.75) is 6.92 Å². The molecule has 86 valence electrons. The molecule has 0 amide bonds. The van der Waals surface area contributed by atoms with E-state index in [1.807, 2.05) is 43.3 Å². The highest BCUT2D eigenvalue weighted by Crippen LogP contribution is 2.24. The molecule has 1 aromatic carbocycles. The highest BCUT2D eigenvalue weighted by atomic mass is 35.5. The van der Waals surface area contributed by atoms with Gasteiger partial charge in [-0.15, -0.1) is 10.2 Å². The van der Waals surface area contributed by atoms with Gasteiger partial charge in [0.15, 0.2) is 5.15 Å². The van der Waals surface area contributed by atoms with Gasteiger partial charge in [0.05, 0.1) is 0 Å². The monoisotopic (exact) mass is 246 g/mol. The van der Waals surface area contributed by atoms with Crippen LogP contribution in [0.1, 0.15) is 12.5 Å². The third-order valence-electron chi connectivity index (χ3n) is 2.09. The van der Waals surface area contributed by atoms with Crippen LogP contribution in [0.2, 0.25) is 5.15 Å². The molecule has 2 rings (SSSR count). The van der Waals surface area contributed by atoms with Gasteiger partial charge in [0, 0.05) is 11.6 Å². The van der Waals surface area contributed by atoms with E-state index < -0.39 is 0 Å². The first-order valence-corrected chi connectivity index (χ1v) is 5.56. The molecular formula is C13H11ClN2O.